The number of aromatic amines is 1. The maximum atomic E-state index is 3.89. The molecule has 18 heavy (non-hydrogen) atoms. The number of anilines is 2. The van der Waals surface area contributed by atoms with Crippen LogP contribution in [0.5, 0.6) is 0 Å². The molecule has 0 amide bonds. The molecule has 3 aromatic rings. The van der Waals surface area contributed by atoms with Gasteiger partial charge < -0.3 is 5.32 Å². The van der Waals surface area contributed by atoms with Crippen molar-refractivity contribution in [1.82, 2.24) is 20.6 Å². The predicted octanol–water partition coefficient (Wildman–Crippen LogP) is 2.61. The SMILES string of the molecule is c1ccc(-c2ccccc2Nc2nn[nH]n2)cc1. The van der Waals surface area contributed by atoms with Gasteiger partial charge in [0.2, 0.25) is 0 Å². The molecule has 0 spiro atoms. The van der Waals surface area contributed by atoms with Crippen LogP contribution in [0.1, 0.15) is 0 Å². The van der Waals surface area contributed by atoms with Gasteiger partial charge in [0.15, 0.2) is 0 Å². The third kappa shape index (κ3) is 2.06. The summed E-state index contributed by atoms with van der Waals surface area (Å²) in [7, 11) is 0. The summed E-state index contributed by atoms with van der Waals surface area (Å²) in [6, 6.07) is 18.2. The van der Waals surface area contributed by atoms with Gasteiger partial charge in [0.05, 0.1) is 0 Å². The maximum absolute atomic E-state index is 3.89. The third-order valence-corrected chi connectivity index (χ3v) is 2.60. The van der Waals surface area contributed by atoms with Crippen molar-refractivity contribution < 1.29 is 0 Å². The van der Waals surface area contributed by atoms with Crippen LogP contribution in [0.25, 0.3) is 11.1 Å². The summed E-state index contributed by atoms with van der Waals surface area (Å²) in [6.45, 7) is 0. The van der Waals surface area contributed by atoms with Gasteiger partial charge in [-0.05, 0) is 16.8 Å². The zero-order chi connectivity index (χ0) is 12.2. The standard InChI is InChI=1S/C13H11N5/c1-2-6-10(7-3-1)11-8-4-5-9-12(11)14-13-15-17-18-16-13/h1-9H,(H2,14,15,16,17,18). The lowest BCUT2D eigenvalue weighted by Crippen LogP contribution is -1.95. The molecule has 0 unspecified atom stereocenters. The van der Waals surface area contributed by atoms with Gasteiger partial charge in [0.25, 0.3) is 5.95 Å². The Morgan fingerprint density at radius 2 is 1.67 bits per heavy atom. The quantitative estimate of drug-likeness (QED) is 0.734. The Balaban J connectivity index is 2.00. The molecule has 0 aliphatic heterocycles. The lowest BCUT2D eigenvalue weighted by Gasteiger charge is -2.09. The van der Waals surface area contributed by atoms with E-state index in [1.54, 1.807) is 0 Å². The summed E-state index contributed by atoms with van der Waals surface area (Å²) in [6.07, 6.45) is 0. The molecule has 0 aliphatic rings. The fourth-order valence-corrected chi connectivity index (χ4v) is 1.80. The van der Waals surface area contributed by atoms with E-state index in [0.29, 0.717) is 5.95 Å². The molecule has 0 radical (unpaired) electrons. The summed E-state index contributed by atoms with van der Waals surface area (Å²) in [4.78, 5) is 0. The number of benzene rings is 2. The van der Waals surface area contributed by atoms with E-state index in [9.17, 15) is 0 Å². The number of nitrogens with zero attached hydrogens (tertiary/aromatic N) is 3. The summed E-state index contributed by atoms with van der Waals surface area (Å²) in [5.41, 5.74) is 3.19. The number of tetrazole rings is 1. The van der Waals surface area contributed by atoms with E-state index >= 15 is 0 Å². The molecular weight excluding hydrogens is 226 g/mol. The highest BCUT2D eigenvalue weighted by molar-refractivity contribution is 5.79. The van der Waals surface area contributed by atoms with Gasteiger partial charge in [0, 0.05) is 11.3 Å². The van der Waals surface area contributed by atoms with Crippen molar-refractivity contribution in [3.05, 3.63) is 54.6 Å². The van der Waals surface area contributed by atoms with Crippen LogP contribution in [-0.2, 0) is 0 Å². The second-order valence-electron chi connectivity index (χ2n) is 3.77. The van der Waals surface area contributed by atoms with Crippen molar-refractivity contribution in [3.63, 3.8) is 0 Å². The molecule has 1 heterocycles. The highest BCUT2D eigenvalue weighted by atomic mass is 15.5. The minimum absolute atomic E-state index is 0.457. The first-order chi connectivity index (χ1) is 8.93. The zero-order valence-electron chi connectivity index (χ0n) is 9.54. The third-order valence-electron chi connectivity index (χ3n) is 2.60. The smallest absolute Gasteiger partial charge is 0.267 e. The number of H-pyrrole nitrogens is 1. The summed E-state index contributed by atoms with van der Waals surface area (Å²) < 4.78 is 0. The van der Waals surface area contributed by atoms with Crippen LogP contribution < -0.4 is 5.32 Å². The number of aromatic nitrogens is 4. The minimum Gasteiger partial charge on any atom is -0.321 e. The average molecular weight is 237 g/mol. The fraction of sp³-hybridized carbons (Fsp3) is 0. The Labute approximate surface area is 104 Å². The number of hydrogen-bond acceptors (Lipinski definition) is 4. The first-order valence-corrected chi connectivity index (χ1v) is 5.58. The minimum atomic E-state index is 0.457. The molecule has 0 atom stereocenters. The van der Waals surface area contributed by atoms with Crippen molar-refractivity contribution in [3.8, 4) is 11.1 Å². The first kappa shape index (κ1) is 10.5. The zero-order valence-corrected chi connectivity index (χ0v) is 9.54. The van der Waals surface area contributed by atoms with E-state index in [2.05, 4.69) is 44.1 Å². The first-order valence-electron chi connectivity index (χ1n) is 5.58. The molecule has 2 aromatic carbocycles. The van der Waals surface area contributed by atoms with Gasteiger partial charge in [-0.2, -0.15) is 5.21 Å². The summed E-state index contributed by atoms with van der Waals surface area (Å²) in [5.74, 6) is 0.457. The van der Waals surface area contributed by atoms with E-state index in [-0.39, 0.29) is 0 Å². The Kier molecular flexibility index (Phi) is 2.71. The fourth-order valence-electron chi connectivity index (χ4n) is 1.80. The van der Waals surface area contributed by atoms with E-state index in [4.69, 9.17) is 0 Å². The number of para-hydroxylation sites is 1. The van der Waals surface area contributed by atoms with Gasteiger partial charge in [-0.3, -0.25) is 0 Å². The molecule has 0 saturated carbocycles. The molecule has 1 aromatic heterocycles. The largest absolute Gasteiger partial charge is 0.321 e. The van der Waals surface area contributed by atoms with Crippen molar-refractivity contribution in [2.24, 2.45) is 0 Å². The van der Waals surface area contributed by atoms with Crippen molar-refractivity contribution >= 4 is 11.6 Å². The highest BCUT2D eigenvalue weighted by Gasteiger charge is 2.05. The van der Waals surface area contributed by atoms with Gasteiger partial charge in [0.1, 0.15) is 0 Å². The van der Waals surface area contributed by atoms with Crippen LogP contribution in [-0.4, -0.2) is 20.6 Å². The van der Waals surface area contributed by atoms with Crippen molar-refractivity contribution in [2.75, 3.05) is 5.32 Å². The molecule has 5 heteroatoms. The molecule has 3 rings (SSSR count). The lowest BCUT2D eigenvalue weighted by atomic mass is 10.0. The van der Waals surface area contributed by atoms with Crippen LogP contribution in [0.2, 0.25) is 0 Å². The van der Waals surface area contributed by atoms with Crippen molar-refractivity contribution in [1.29, 1.82) is 0 Å². The Bertz CT molecular complexity index is 619. The Hall–Kier alpha value is -2.69. The molecule has 0 bridgehead atoms. The number of hydrogen-bond donors (Lipinski definition) is 2. The molecule has 0 aliphatic carbocycles. The molecule has 5 nitrogen and oxygen atoms in total. The predicted molar refractivity (Wildman–Crippen MR) is 69.3 cm³/mol. The number of rotatable bonds is 3. The average Bonchev–Trinajstić information content (AvgIpc) is 2.93. The topological polar surface area (TPSA) is 66.5 Å². The molecule has 2 N–H and O–H groups in total. The molecular formula is C13H11N5. The van der Waals surface area contributed by atoms with Gasteiger partial charge in [-0.15, -0.1) is 5.10 Å². The van der Waals surface area contributed by atoms with Gasteiger partial charge in [-0.1, -0.05) is 53.6 Å². The second kappa shape index (κ2) is 4.67. The van der Waals surface area contributed by atoms with Gasteiger partial charge in [-0.25, -0.2) is 0 Å². The van der Waals surface area contributed by atoms with Crippen LogP contribution in [0.15, 0.2) is 54.6 Å². The highest BCUT2D eigenvalue weighted by Crippen LogP contribution is 2.28. The summed E-state index contributed by atoms with van der Waals surface area (Å²) >= 11 is 0. The van der Waals surface area contributed by atoms with Crippen molar-refractivity contribution in [2.45, 2.75) is 0 Å². The Morgan fingerprint density at radius 1 is 0.889 bits per heavy atom. The normalized spacial score (nSPS) is 10.2. The van der Waals surface area contributed by atoms with Crippen LogP contribution >= 0.6 is 0 Å². The molecule has 88 valence electrons. The van der Waals surface area contributed by atoms with Gasteiger partial charge >= 0.3 is 0 Å². The second-order valence-corrected chi connectivity index (χ2v) is 3.77. The maximum Gasteiger partial charge on any atom is 0.267 e. The molecule has 0 fully saturated rings. The van der Waals surface area contributed by atoms with Crippen LogP contribution in [0.3, 0.4) is 0 Å². The number of nitrogens with one attached hydrogen (secondary N) is 2. The summed E-state index contributed by atoms with van der Waals surface area (Å²) in [5, 5.41) is 16.8. The van der Waals surface area contributed by atoms with E-state index in [1.165, 1.54) is 0 Å². The van der Waals surface area contributed by atoms with Crippen LogP contribution in [0, 0.1) is 0 Å². The van der Waals surface area contributed by atoms with E-state index in [0.717, 1.165) is 16.8 Å². The van der Waals surface area contributed by atoms with E-state index in [1.807, 2.05) is 36.4 Å². The Morgan fingerprint density at radius 3 is 2.44 bits per heavy atom. The van der Waals surface area contributed by atoms with Crippen LogP contribution in [0.4, 0.5) is 11.6 Å². The molecule has 0 saturated heterocycles. The van der Waals surface area contributed by atoms with E-state index < -0.39 is 0 Å². The lowest BCUT2D eigenvalue weighted by molar-refractivity contribution is 0.881. The monoisotopic (exact) mass is 237 g/mol.